The highest BCUT2D eigenvalue weighted by Gasteiger charge is 2.47. The van der Waals surface area contributed by atoms with Crippen molar-refractivity contribution in [3.05, 3.63) is 106 Å². The van der Waals surface area contributed by atoms with Gasteiger partial charge in [0.25, 0.3) is 5.91 Å². The third-order valence-corrected chi connectivity index (χ3v) is 7.42. The fourth-order valence-corrected chi connectivity index (χ4v) is 5.42. The molecule has 0 bridgehead atoms. The van der Waals surface area contributed by atoms with E-state index in [9.17, 15) is 27.5 Å². The first-order valence-corrected chi connectivity index (χ1v) is 11.7. The van der Waals surface area contributed by atoms with E-state index in [0.717, 1.165) is 22.6 Å². The summed E-state index contributed by atoms with van der Waals surface area (Å²) < 4.78 is 45.4. The lowest BCUT2D eigenvalue weighted by molar-refractivity contribution is -0.117. The first kappa shape index (κ1) is 23.2. The van der Waals surface area contributed by atoms with Gasteiger partial charge in [-0.1, -0.05) is 29.8 Å². The number of sulfone groups is 1. The van der Waals surface area contributed by atoms with Gasteiger partial charge in [-0.2, -0.15) is 0 Å². The molecule has 1 atom stereocenters. The number of methoxy groups -OCH3 is 1. The van der Waals surface area contributed by atoms with E-state index in [4.69, 9.17) is 4.74 Å². The third-order valence-electron chi connectivity index (χ3n) is 5.53. The highest BCUT2D eigenvalue weighted by atomic mass is 32.2. The Hall–Kier alpha value is -3.98. The Kier molecular flexibility index (Phi) is 5.97. The Morgan fingerprint density at radius 2 is 1.56 bits per heavy atom. The van der Waals surface area contributed by atoms with Crippen molar-refractivity contribution in [1.82, 2.24) is 0 Å². The zero-order valence-corrected chi connectivity index (χ0v) is 19.0. The highest BCUT2D eigenvalue weighted by molar-refractivity contribution is 7.95. The van der Waals surface area contributed by atoms with Crippen molar-refractivity contribution < 1.29 is 32.2 Å². The first-order chi connectivity index (χ1) is 16.1. The Bertz CT molecular complexity index is 1400. The lowest BCUT2D eigenvalue weighted by Crippen LogP contribution is -2.31. The summed E-state index contributed by atoms with van der Waals surface area (Å²) in [5, 5.41) is 10.8. The fourth-order valence-electron chi connectivity index (χ4n) is 3.79. The molecule has 9 heteroatoms. The van der Waals surface area contributed by atoms with E-state index in [1.54, 1.807) is 19.1 Å². The minimum Gasteiger partial charge on any atom is -0.502 e. The highest BCUT2D eigenvalue weighted by Crippen LogP contribution is 2.44. The number of rotatable bonds is 5. The number of aliphatic hydroxyl groups excluding tert-OH is 1. The lowest BCUT2D eigenvalue weighted by Gasteiger charge is -2.27. The number of benzene rings is 3. The molecule has 0 saturated heterocycles. The van der Waals surface area contributed by atoms with Crippen molar-refractivity contribution in [2.75, 3.05) is 12.0 Å². The molecule has 0 aromatic heterocycles. The molecule has 0 aliphatic carbocycles. The zero-order chi connectivity index (χ0) is 24.6. The number of amides is 1. The van der Waals surface area contributed by atoms with Crippen LogP contribution in [0.1, 0.15) is 27.5 Å². The van der Waals surface area contributed by atoms with Crippen molar-refractivity contribution in [2.45, 2.75) is 17.9 Å². The Morgan fingerprint density at radius 1 is 0.971 bits per heavy atom. The minimum absolute atomic E-state index is 0.0930. The first-order valence-electron chi connectivity index (χ1n) is 10.2. The normalized spacial score (nSPS) is 16.1. The summed E-state index contributed by atoms with van der Waals surface area (Å²) in [4.78, 5) is 25.5. The van der Waals surface area contributed by atoms with Crippen LogP contribution in [0.2, 0.25) is 0 Å². The monoisotopic (exact) mass is 481 g/mol. The van der Waals surface area contributed by atoms with Gasteiger partial charge >= 0.3 is 5.97 Å². The van der Waals surface area contributed by atoms with Crippen molar-refractivity contribution in [3.8, 4) is 0 Å². The fraction of sp³-hybridized carbons (Fsp3) is 0.120. The number of anilines is 1. The second-order valence-electron chi connectivity index (χ2n) is 7.70. The molecule has 1 aliphatic heterocycles. The summed E-state index contributed by atoms with van der Waals surface area (Å²) in [5.41, 5.74) is 1.57. The summed E-state index contributed by atoms with van der Waals surface area (Å²) in [7, 11) is -3.08. The van der Waals surface area contributed by atoms with Crippen LogP contribution >= 0.6 is 0 Å². The minimum atomic E-state index is -4.31. The number of aliphatic hydroxyl groups is 1. The van der Waals surface area contributed by atoms with Crippen molar-refractivity contribution in [3.63, 3.8) is 0 Å². The van der Waals surface area contributed by atoms with E-state index in [0.29, 0.717) is 5.56 Å². The quantitative estimate of drug-likeness (QED) is 0.547. The van der Waals surface area contributed by atoms with Crippen LogP contribution in [0, 0.1) is 12.7 Å². The van der Waals surface area contributed by atoms with E-state index in [1.807, 2.05) is 0 Å². The molecule has 0 spiro atoms. The topological polar surface area (TPSA) is 101 Å². The van der Waals surface area contributed by atoms with Gasteiger partial charge in [0.2, 0.25) is 9.84 Å². The second kappa shape index (κ2) is 8.75. The van der Waals surface area contributed by atoms with Gasteiger partial charge < -0.3 is 9.84 Å². The Morgan fingerprint density at radius 3 is 2.12 bits per heavy atom. The van der Waals surface area contributed by atoms with Crippen LogP contribution in [0.25, 0.3) is 0 Å². The van der Waals surface area contributed by atoms with E-state index in [2.05, 4.69) is 0 Å². The number of carbonyl (C=O) groups is 2. The Balaban J connectivity index is 1.91. The predicted octanol–water partition coefficient (Wildman–Crippen LogP) is 4.25. The number of ether oxygens (including phenoxy) is 1. The van der Waals surface area contributed by atoms with Gasteiger partial charge in [-0.25, -0.2) is 17.6 Å². The predicted molar refractivity (Wildman–Crippen MR) is 122 cm³/mol. The molecule has 34 heavy (non-hydrogen) atoms. The van der Waals surface area contributed by atoms with Gasteiger partial charge in [0.05, 0.1) is 17.6 Å². The molecule has 1 N–H and O–H groups in total. The molecule has 0 fully saturated rings. The van der Waals surface area contributed by atoms with Crippen LogP contribution in [0.15, 0.2) is 88.4 Å². The molecule has 1 amide bonds. The SMILES string of the molecule is COC(=O)c1ccc([C@@H]2C(S(=O)(=O)c3ccc(C)cc3)=C(O)C(=O)N2c2ccc(F)cc2)cc1. The summed E-state index contributed by atoms with van der Waals surface area (Å²) in [6, 6.07) is 15.5. The van der Waals surface area contributed by atoms with Gasteiger partial charge in [0, 0.05) is 5.69 Å². The molecular formula is C25H20FNO6S. The molecule has 174 valence electrons. The van der Waals surface area contributed by atoms with Gasteiger partial charge in [-0.15, -0.1) is 0 Å². The molecule has 3 aromatic rings. The van der Waals surface area contributed by atoms with E-state index in [-0.39, 0.29) is 16.1 Å². The van der Waals surface area contributed by atoms with Crippen LogP contribution in [-0.2, 0) is 19.4 Å². The number of carbonyl (C=O) groups excluding carboxylic acids is 2. The van der Waals surface area contributed by atoms with Crippen molar-refractivity contribution in [2.24, 2.45) is 0 Å². The smallest absolute Gasteiger partial charge is 0.337 e. The third kappa shape index (κ3) is 3.94. The van der Waals surface area contributed by atoms with Crippen LogP contribution in [0.5, 0.6) is 0 Å². The summed E-state index contributed by atoms with van der Waals surface area (Å²) in [5.74, 6) is -3.00. The maximum Gasteiger partial charge on any atom is 0.337 e. The Labute approximate surface area is 195 Å². The van der Waals surface area contributed by atoms with E-state index >= 15 is 0 Å². The molecular weight excluding hydrogens is 461 g/mol. The maximum atomic E-state index is 13.6. The van der Waals surface area contributed by atoms with Crippen LogP contribution in [-0.4, -0.2) is 32.5 Å². The number of esters is 1. The molecule has 0 unspecified atom stereocenters. The number of hydrogen-bond acceptors (Lipinski definition) is 6. The molecule has 0 radical (unpaired) electrons. The molecule has 4 rings (SSSR count). The van der Waals surface area contributed by atoms with Gasteiger partial charge in [0.1, 0.15) is 16.8 Å². The molecule has 7 nitrogen and oxygen atoms in total. The number of aryl methyl sites for hydroxylation is 1. The standard InChI is InChI=1S/C25H20FNO6S/c1-15-3-13-20(14-4-15)34(31,32)23-21(16-5-7-17(8-6-16)25(30)33-2)27(24(29)22(23)28)19-11-9-18(26)10-12-19/h3-14,21,28H,1-2H3/t21-/m1/s1. The molecule has 3 aromatic carbocycles. The summed E-state index contributed by atoms with van der Waals surface area (Å²) >= 11 is 0. The van der Waals surface area contributed by atoms with Crippen LogP contribution in [0.3, 0.4) is 0 Å². The second-order valence-corrected chi connectivity index (χ2v) is 9.62. The van der Waals surface area contributed by atoms with Crippen LogP contribution < -0.4 is 4.90 Å². The number of halogens is 1. The van der Waals surface area contributed by atoms with E-state index < -0.39 is 44.2 Å². The maximum absolute atomic E-state index is 13.6. The van der Waals surface area contributed by atoms with Crippen molar-refractivity contribution >= 4 is 27.4 Å². The number of nitrogens with zero attached hydrogens (tertiary/aromatic N) is 1. The zero-order valence-electron chi connectivity index (χ0n) is 18.2. The molecule has 0 saturated carbocycles. The van der Waals surface area contributed by atoms with Gasteiger partial charge in [-0.05, 0) is 61.0 Å². The van der Waals surface area contributed by atoms with Crippen molar-refractivity contribution in [1.29, 1.82) is 0 Å². The molecule has 1 heterocycles. The van der Waals surface area contributed by atoms with Gasteiger partial charge in [0.15, 0.2) is 5.76 Å². The van der Waals surface area contributed by atoms with Crippen LogP contribution in [0.4, 0.5) is 10.1 Å². The summed E-state index contributed by atoms with van der Waals surface area (Å²) in [6.45, 7) is 1.80. The lowest BCUT2D eigenvalue weighted by atomic mass is 10.0. The average Bonchev–Trinajstić information content (AvgIpc) is 3.10. The van der Waals surface area contributed by atoms with E-state index in [1.165, 1.54) is 55.6 Å². The number of hydrogen-bond donors (Lipinski definition) is 1. The largest absolute Gasteiger partial charge is 0.502 e. The molecule has 1 aliphatic rings. The van der Waals surface area contributed by atoms with Gasteiger partial charge in [-0.3, -0.25) is 9.69 Å². The summed E-state index contributed by atoms with van der Waals surface area (Å²) in [6.07, 6.45) is 0. The average molecular weight is 482 g/mol.